The first-order chi connectivity index (χ1) is 11.0. The Morgan fingerprint density at radius 2 is 2.08 bits per heavy atom. The molecule has 0 saturated heterocycles. The summed E-state index contributed by atoms with van der Waals surface area (Å²) in [6.07, 6.45) is 2.34. The summed E-state index contributed by atoms with van der Waals surface area (Å²) in [4.78, 5) is 17.3. The van der Waals surface area contributed by atoms with Crippen LogP contribution in [0.4, 0.5) is 4.79 Å². The fraction of sp³-hybridized carbons (Fsp3) is 0.600. The number of ether oxygens (including phenoxy) is 1. The van der Waals surface area contributed by atoms with Crippen LogP contribution in [0.3, 0.4) is 0 Å². The molecule has 24 heavy (non-hydrogen) atoms. The molecular weight excluding hydrogens is 354 g/mol. The van der Waals surface area contributed by atoms with E-state index >= 15 is 0 Å². The lowest BCUT2D eigenvalue weighted by molar-refractivity contribution is 0.0199. The standard InChI is InChI=1S/C15H22ClN3O4S/c1-14(2,3)23-13(20)19(4)15(7-8-15)10-18-24(21,22)11-6-5-9-17-12(11)16/h5-6,9,18H,7-8,10H2,1-4H3. The number of carbonyl (C=O) groups excluding carboxylic acids is 1. The third-order valence-corrected chi connectivity index (χ3v) is 5.66. The van der Waals surface area contributed by atoms with Crippen molar-refractivity contribution in [3.8, 4) is 0 Å². The Balaban J connectivity index is 2.06. The highest BCUT2D eigenvalue weighted by atomic mass is 35.5. The summed E-state index contributed by atoms with van der Waals surface area (Å²) in [5.74, 6) is 0. The van der Waals surface area contributed by atoms with Gasteiger partial charge in [0, 0.05) is 19.8 Å². The van der Waals surface area contributed by atoms with Crippen LogP contribution in [-0.2, 0) is 14.8 Å². The largest absolute Gasteiger partial charge is 0.444 e. The number of hydrogen-bond donors (Lipinski definition) is 1. The van der Waals surface area contributed by atoms with Crippen molar-refractivity contribution in [2.45, 2.75) is 49.6 Å². The molecule has 0 aliphatic heterocycles. The summed E-state index contributed by atoms with van der Waals surface area (Å²) in [5.41, 5.74) is -1.17. The number of hydrogen-bond acceptors (Lipinski definition) is 5. The molecule has 1 N–H and O–H groups in total. The predicted octanol–water partition coefficient (Wildman–Crippen LogP) is 2.41. The number of rotatable bonds is 5. The van der Waals surface area contributed by atoms with Crippen LogP contribution >= 0.6 is 11.6 Å². The highest BCUT2D eigenvalue weighted by Gasteiger charge is 2.50. The first-order valence-electron chi connectivity index (χ1n) is 7.54. The summed E-state index contributed by atoms with van der Waals surface area (Å²) in [7, 11) is -2.18. The summed E-state index contributed by atoms with van der Waals surface area (Å²) in [5, 5.41) is -0.0876. The molecule has 1 aliphatic rings. The number of halogens is 1. The maximum absolute atomic E-state index is 12.4. The van der Waals surface area contributed by atoms with Crippen LogP contribution in [0.2, 0.25) is 5.15 Å². The first-order valence-corrected chi connectivity index (χ1v) is 9.40. The minimum absolute atomic E-state index is 0.0811. The van der Waals surface area contributed by atoms with Crippen molar-refractivity contribution >= 4 is 27.7 Å². The van der Waals surface area contributed by atoms with E-state index in [1.807, 2.05) is 0 Å². The smallest absolute Gasteiger partial charge is 0.410 e. The van der Waals surface area contributed by atoms with Gasteiger partial charge in [-0.15, -0.1) is 0 Å². The predicted molar refractivity (Wildman–Crippen MR) is 90.4 cm³/mol. The van der Waals surface area contributed by atoms with E-state index in [0.717, 1.165) is 0 Å². The molecule has 9 heteroatoms. The zero-order chi connectivity index (χ0) is 18.2. The summed E-state index contributed by atoms with van der Waals surface area (Å²) in [6, 6.07) is 2.88. The Kier molecular flexibility index (Phi) is 5.13. The molecule has 0 spiro atoms. The molecule has 1 amide bonds. The number of aromatic nitrogens is 1. The average Bonchev–Trinajstić information content (AvgIpc) is 3.24. The third kappa shape index (κ3) is 4.37. The highest BCUT2D eigenvalue weighted by Crippen LogP contribution is 2.41. The van der Waals surface area contributed by atoms with Crippen molar-refractivity contribution < 1.29 is 17.9 Å². The zero-order valence-electron chi connectivity index (χ0n) is 14.2. The number of sulfonamides is 1. The molecule has 1 aliphatic carbocycles. The SMILES string of the molecule is CN(C(=O)OC(C)(C)C)C1(CNS(=O)(=O)c2cccnc2Cl)CC1. The molecule has 0 unspecified atom stereocenters. The van der Waals surface area contributed by atoms with Gasteiger partial charge in [-0.2, -0.15) is 0 Å². The number of nitrogens with zero attached hydrogens (tertiary/aromatic N) is 2. The monoisotopic (exact) mass is 375 g/mol. The molecule has 134 valence electrons. The molecule has 1 fully saturated rings. The van der Waals surface area contributed by atoms with E-state index in [1.165, 1.54) is 23.2 Å². The maximum Gasteiger partial charge on any atom is 0.410 e. The Bertz CT molecular complexity index is 726. The minimum atomic E-state index is -3.80. The number of nitrogens with one attached hydrogen (secondary N) is 1. The maximum atomic E-state index is 12.4. The van der Waals surface area contributed by atoms with Crippen molar-refractivity contribution in [1.29, 1.82) is 0 Å². The number of likely N-dealkylation sites (N-methyl/N-ethyl adjacent to an activating group) is 1. The van der Waals surface area contributed by atoms with E-state index in [-0.39, 0.29) is 16.6 Å². The van der Waals surface area contributed by atoms with Gasteiger partial charge in [-0.1, -0.05) is 11.6 Å². The fourth-order valence-corrected chi connectivity index (χ4v) is 3.75. The first kappa shape index (κ1) is 19.0. The van der Waals surface area contributed by atoms with E-state index in [4.69, 9.17) is 16.3 Å². The Labute approximate surface area is 147 Å². The van der Waals surface area contributed by atoms with Gasteiger partial charge >= 0.3 is 6.09 Å². The lowest BCUT2D eigenvalue weighted by Gasteiger charge is -2.31. The average molecular weight is 376 g/mol. The lowest BCUT2D eigenvalue weighted by atomic mass is 10.2. The second kappa shape index (κ2) is 6.50. The van der Waals surface area contributed by atoms with Crippen molar-refractivity contribution in [3.05, 3.63) is 23.5 Å². The second-order valence-electron chi connectivity index (χ2n) is 6.88. The number of carbonyl (C=O) groups is 1. The molecule has 1 aromatic rings. The zero-order valence-corrected chi connectivity index (χ0v) is 15.7. The van der Waals surface area contributed by atoms with Gasteiger partial charge in [0.1, 0.15) is 15.6 Å². The lowest BCUT2D eigenvalue weighted by Crippen LogP contribution is -2.48. The quantitative estimate of drug-likeness (QED) is 0.798. The van der Waals surface area contributed by atoms with Gasteiger partial charge < -0.3 is 9.64 Å². The van der Waals surface area contributed by atoms with Crippen molar-refractivity contribution in [3.63, 3.8) is 0 Å². The normalized spacial score (nSPS) is 16.5. The van der Waals surface area contributed by atoms with E-state index in [0.29, 0.717) is 12.8 Å². The molecule has 7 nitrogen and oxygen atoms in total. The van der Waals surface area contributed by atoms with Crippen molar-refractivity contribution in [2.75, 3.05) is 13.6 Å². The minimum Gasteiger partial charge on any atom is -0.444 e. The van der Waals surface area contributed by atoms with Gasteiger partial charge in [-0.05, 0) is 45.7 Å². The number of pyridine rings is 1. The molecule has 0 radical (unpaired) electrons. The molecule has 2 rings (SSSR count). The van der Waals surface area contributed by atoms with Gasteiger partial charge in [0.25, 0.3) is 0 Å². The van der Waals surface area contributed by atoms with Crippen molar-refractivity contribution in [2.24, 2.45) is 0 Å². The summed E-state index contributed by atoms with van der Waals surface area (Å²) >= 11 is 5.85. The molecule has 1 aromatic heterocycles. The molecular formula is C15H22ClN3O4S. The fourth-order valence-electron chi connectivity index (χ4n) is 2.18. The molecule has 1 saturated carbocycles. The van der Waals surface area contributed by atoms with E-state index in [9.17, 15) is 13.2 Å². The van der Waals surface area contributed by atoms with Crippen LogP contribution in [-0.4, -0.2) is 49.1 Å². The van der Waals surface area contributed by atoms with Crippen molar-refractivity contribution in [1.82, 2.24) is 14.6 Å². The van der Waals surface area contributed by atoms with Crippen LogP contribution in [0.5, 0.6) is 0 Å². The second-order valence-corrected chi connectivity index (χ2v) is 8.97. The molecule has 0 atom stereocenters. The van der Waals surface area contributed by atoms with Crippen LogP contribution < -0.4 is 4.72 Å². The van der Waals surface area contributed by atoms with E-state index in [1.54, 1.807) is 27.8 Å². The van der Waals surface area contributed by atoms with Crippen LogP contribution in [0.25, 0.3) is 0 Å². The highest BCUT2D eigenvalue weighted by molar-refractivity contribution is 7.89. The summed E-state index contributed by atoms with van der Waals surface area (Å²) < 4.78 is 32.6. The third-order valence-electron chi connectivity index (χ3n) is 3.81. The molecule has 0 bridgehead atoms. The Morgan fingerprint density at radius 1 is 1.46 bits per heavy atom. The van der Waals surface area contributed by atoms with Crippen LogP contribution in [0, 0.1) is 0 Å². The van der Waals surface area contributed by atoms with Crippen LogP contribution in [0.15, 0.2) is 23.2 Å². The topological polar surface area (TPSA) is 88.6 Å². The van der Waals surface area contributed by atoms with E-state index < -0.39 is 27.3 Å². The molecule has 0 aromatic carbocycles. The van der Waals surface area contributed by atoms with Gasteiger partial charge in [0.05, 0.1) is 5.54 Å². The van der Waals surface area contributed by atoms with Gasteiger partial charge in [-0.25, -0.2) is 22.9 Å². The molecule has 1 heterocycles. The Hall–Kier alpha value is -1.38. The van der Waals surface area contributed by atoms with Crippen LogP contribution in [0.1, 0.15) is 33.6 Å². The number of amides is 1. The van der Waals surface area contributed by atoms with Gasteiger partial charge in [-0.3, -0.25) is 0 Å². The van der Waals surface area contributed by atoms with Gasteiger partial charge in [0.15, 0.2) is 0 Å². The summed E-state index contributed by atoms with van der Waals surface area (Å²) in [6.45, 7) is 5.44. The Morgan fingerprint density at radius 3 is 2.58 bits per heavy atom. The van der Waals surface area contributed by atoms with E-state index in [2.05, 4.69) is 9.71 Å². The van der Waals surface area contributed by atoms with Gasteiger partial charge in [0.2, 0.25) is 10.0 Å².